The first-order valence-corrected chi connectivity index (χ1v) is 4.17. The minimum Gasteiger partial charge on any atom is -0.485 e. The standard InChI is InChI=1S/C7H11FOS/c1-4-6(8)7(10-3)9-5-2/h4H,1,5H2,2-3H3/b7-6-. The molecule has 0 aromatic heterocycles. The van der Waals surface area contributed by atoms with E-state index in [-0.39, 0.29) is 0 Å². The summed E-state index contributed by atoms with van der Waals surface area (Å²) in [6.45, 7) is 5.58. The average molecular weight is 162 g/mol. The highest BCUT2D eigenvalue weighted by atomic mass is 32.2. The van der Waals surface area contributed by atoms with Crippen LogP contribution in [0.5, 0.6) is 0 Å². The van der Waals surface area contributed by atoms with Gasteiger partial charge >= 0.3 is 0 Å². The monoisotopic (exact) mass is 162 g/mol. The van der Waals surface area contributed by atoms with Gasteiger partial charge in [-0.15, -0.1) is 0 Å². The van der Waals surface area contributed by atoms with Gasteiger partial charge in [-0.1, -0.05) is 18.3 Å². The third-order valence-corrected chi connectivity index (χ3v) is 1.52. The molecule has 0 N–H and O–H groups in total. The van der Waals surface area contributed by atoms with Gasteiger partial charge in [-0.2, -0.15) is 0 Å². The Kier molecular flexibility index (Phi) is 5.12. The molecule has 0 amide bonds. The van der Waals surface area contributed by atoms with Crippen LogP contribution in [-0.2, 0) is 4.74 Å². The van der Waals surface area contributed by atoms with Crippen molar-refractivity contribution in [2.24, 2.45) is 0 Å². The van der Waals surface area contributed by atoms with Gasteiger partial charge in [0.15, 0.2) is 10.9 Å². The van der Waals surface area contributed by atoms with Gasteiger partial charge in [-0.3, -0.25) is 0 Å². The molecule has 0 saturated carbocycles. The van der Waals surface area contributed by atoms with Gasteiger partial charge in [0, 0.05) is 0 Å². The van der Waals surface area contributed by atoms with E-state index in [1.165, 1.54) is 11.8 Å². The van der Waals surface area contributed by atoms with Crippen molar-refractivity contribution in [1.82, 2.24) is 0 Å². The molecule has 0 heterocycles. The molecule has 3 heteroatoms. The third kappa shape index (κ3) is 2.92. The molecule has 0 spiro atoms. The Morgan fingerprint density at radius 2 is 2.40 bits per heavy atom. The van der Waals surface area contributed by atoms with Crippen LogP contribution in [-0.4, -0.2) is 12.9 Å². The van der Waals surface area contributed by atoms with Gasteiger partial charge in [0.25, 0.3) is 0 Å². The van der Waals surface area contributed by atoms with Gasteiger partial charge in [0.1, 0.15) is 0 Å². The Bertz CT molecular complexity index is 143. The lowest BCUT2D eigenvalue weighted by Crippen LogP contribution is -1.88. The summed E-state index contributed by atoms with van der Waals surface area (Å²) in [5.74, 6) is -0.394. The fourth-order valence-electron chi connectivity index (χ4n) is 0.440. The van der Waals surface area contributed by atoms with E-state index in [4.69, 9.17) is 4.74 Å². The van der Waals surface area contributed by atoms with Crippen LogP contribution in [0, 0.1) is 0 Å². The van der Waals surface area contributed by atoms with E-state index in [0.717, 1.165) is 6.08 Å². The highest BCUT2D eigenvalue weighted by Crippen LogP contribution is 2.19. The first-order valence-electron chi connectivity index (χ1n) is 2.95. The van der Waals surface area contributed by atoms with Crippen LogP contribution >= 0.6 is 11.8 Å². The molecule has 0 radical (unpaired) electrons. The summed E-state index contributed by atoms with van der Waals surface area (Å²) in [7, 11) is 0. The van der Waals surface area contributed by atoms with Crippen molar-refractivity contribution in [3.63, 3.8) is 0 Å². The Hall–Kier alpha value is -0.440. The predicted octanol–water partition coefficient (Wildman–Crippen LogP) is 2.71. The summed E-state index contributed by atoms with van der Waals surface area (Å²) in [6, 6.07) is 0. The summed E-state index contributed by atoms with van der Waals surface area (Å²) in [5.41, 5.74) is 0. The van der Waals surface area contributed by atoms with Crippen molar-refractivity contribution >= 4 is 11.8 Å². The summed E-state index contributed by atoms with van der Waals surface area (Å²) >= 11 is 1.24. The van der Waals surface area contributed by atoms with E-state index in [9.17, 15) is 4.39 Å². The second-order valence-corrected chi connectivity index (χ2v) is 2.26. The second kappa shape index (κ2) is 5.35. The third-order valence-electron chi connectivity index (χ3n) is 0.835. The first kappa shape index (κ1) is 9.56. The Balaban J connectivity index is 4.13. The van der Waals surface area contributed by atoms with Crippen molar-refractivity contribution in [3.05, 3.63) is 23.6 Å². The second-order valence-electron chi connectivity index (χ2n) is 1.48. The van der Waals surface area contributed by atoms with E-state index in [2.05, 4.69) is 6.58 Å². The zero-order valence-corrected chi connectivity index (χ0v) is 7.00. The molecule has 0 aromatic carbocycles. The molecule has 0 atom stereocenters. The normalized spacial score (nSPS) is 12.3. The molecule has 0 fully saturated rings. The minimum absolute atomic E-state index is 0.303. The molecule has 0 rings (SSSR count). The van der Waals surface area contributed by atoms with Crippen LogP contribution in [0.1, 0.15) is 6.92 Å². The summed E-state index contributed by atoms with van der Waals surface area (Å²) < 4.78 is 17.5. The number of allylic oxidation sites excluding steroid dienone is 2. The lowest BCUT2D eigenvalue weighted by Gasteiger charge is -2.03. The van der Waals surface area contributed by atoms with Crippen LogP contribution in [0.3, 0.4) is 0 Å². The van der Waals surface area contributed by atoms with E-state index >= 15 is 0 Å². The average Bonchev–Trinajstić information content (AvgIpc) is 1.99. The molecule has 58 valence electrons. The molecular weight excluding hydrogens is 151 g/mol. The summed E-state index contributed by atoms with van der Waals surface area (Å²) in [6.07, 6.45) is 2.90. The molecule has 0 unspecified atom stereocenters. The fourth-order valence-corrected chi connectivity index (χ4v) is 0.954. The molecular formula is C7H11FOS. The van der Waals surface area contributed by atoms with Crippen LogP contribution in [0.25, 0.3) is 0 Å². The predicted molar refractivity (Wildman–Crippen MR) is 43.5 cm³/mol. The van der Waals surface area contributed by atoms with Gasteiger partial charge < -0.3 is 4.74 Å². The van der Waals surface area contributed by atoms with Crippen LogP contribution < -0.4 is 0 Å². The van der Waals surface area contributed by atoms with Gasteiger partial charge in [0.05, 0.1) is 6.61 Å². The van der Waals surface area contributed by atoms with Crippen molar-refractivity contribution in [3.8, 4) is 0 Å². The maximum atomic E-state index is 12.6. The van der Waals surface area contributed by atoms with Crippen molar-refractivity contribution in [2.45, 2.75) is 6.92 Å². The van der Waals surface area contributed by atoms with Gasteiger partial charge in [-0.25, -0.2) is 4.39 Å². The molecule has 10 heavy (non-hydrogen) atoms. The van der Waals surface area contributed by atoms with E-state index in [1.807, 2.05) is 6.92 Å². The molecule has 0 aliphatic carbocycles. The Morgan fingerprint density at radius 3 is 2.70 bits per heavy atom. The maximum absolute atomic E-state index is 12.6. The quantitative estimate of drug-likeness (QED) is 0.464. The minimum atomic E-state index is -0.394. The smallest absolute Gasteiger partial charge is 0.188 e. The number of ether oxygens (including phenoxy) is 1. The Labute approximate surface area is 65.0 Å². The molecule has 0 bridgehead atoms. The van der Waals surface area contributed by atoms with E-state index in [1.54, 1.807) is 6.26 Å². The zero-order valence-electron chi connectivity index (χ0n) is 6.19. The highest BCUT2D eigenvalue weighted by Gasteiger charge is 2.00. The SMILES string of the molecule is C=C/C(F)=C(\OCC)SC. The van der Waals surface area contributed by atoms with Crippen LogP contribution in [0.2, 0.25) is 0 Å². The molecule has 0 aromatic rings. The van der Waals surface area contributed by atoms with E-state index in [0.29, 0.717) is 11.7 Å². The van der Waals surface area contributed by atoms with Crippen molar-refractivity contribution in [1.29, 1.82) is 0 Å². The van der Waals surface area contributed by atoms with Gasteiger partial charge in [-0.05, 0) is 19.3 Å². The number of halogens is 1. The zero-order chi connectivity index (χ0) is 7.98. The first-order chi connectivity index (χ1) is 4.76. The maximum Gasteiger partial charge on any atom is 0.188 e. The van der Waals surface area contributed by atoms with Crippen molar-refractivity contribution < 1.29 is 9.13 Å². The van der Waals surface area contributed by atoms with Gasteiger partial charge in [0.2, 0.25) is 0 Å². The molecule has 0 saturated heterocycles. The Morgan fingerprint density at radius 1 is 1.80 bits per heavy atom. The number of thioether (sulfide) groups is 1. The summed E-state index contributed by atoms with van der Waals surface area (Å²) in [4.78, 5) is 0. The summed E-state index contributed by atoms with van der Waals surface area (Å²) in [5, 5.41) is 0.303. The molecule has 0 aliphatic heterocycles. The number of rotatable bonds is 4. The highest BCUT2D eigenvalue weighted by molar-refractivity contribution is 8.02. The van der Waals surface area contributed by atoms with Crippen LogP contribution in [0.15, 0.2) is 23.6 Å². The lowest BCUT2D eigenvalue weighted by molar-refractivity contribution is 0.248. The topological polar surface area (TPSA) is 9.23 Å². The largest absolute Gasteiger partial charge is 0.485 e. The lowest BCUT2D eigenvalue weighted by atomic mass is 10.6. The number of hydrogen-bond donors (Lipinski definition) is 0. The van der Waals surface area contributed by atoms with Crippen molar-refractivity contribution in [2.75, 3.05) is 12.9 Å². The van der Waals surface area contributed by atoms with E-state index < -0.39 is 5.83 Å². The fraction of sp³-hybridized carbons (Fsp3) is 0.429. The molecule has 0 aliphatic rings. The molecule has 1 nitrogen and oxygen atoms in total. The van der Waals surface area contributed by atoms with Crippen LogP contribution in [0.4, 0.5) is 4.39 Å². The number of hydrogen-bond acceptors (Lipinski definition) is 2.